The van der Waals surface area contributed by atoms with Gasteiger partial charge in [0.1, 0.15) is 0 Å². The average molecular weight is 353 g/mol. The average Bonchev–Trinajstić information content (AvgIpc) is 3.36. The summed E-state index contributed by atoms with van der Waals surface area (Å²) in [5, 5.41) is 5.23. The van der Waals surface area contributed by atoms with E-state index in [1.165, 1.54) is 23.3 Å². The van der Waals surface area contributed by atoms with Crippen molar-refractivity contribution in [3.63, 3.8) is 0 Å². The lowest BCUT2D eigenvalue weighted by Gasteiger charge is -2.28. The first-order valence-corrected chi connectivity index (χ1v) is 9.82. The van der Waals surface area contributed by atoms with Crippen LogP contribution >= 0.6 is 11.3 Å². The summed E-state index contributed by atoms with van der Waals surface area (Å²) in [5.41, 5.74) is 3.42. The number of hydrogen-bond donors (Lipinski definition) is 1. The van der Waals surface area contributed by atoms with Crippen LogP contribution in [0.3, 0.4) is 0 Å². The summed E-state index contributed by atoms with van der Waals surface area (Å²) in [7, 11) is 0. The number of hydrogen-bond acceptors (Lipinski definition) is 3. The third kappa shape index (κ3) is 3.56. The molecule has 5 heteroatoms. The van der Waals surface area contributed by atoms with Crippen molar-refractivity contribution in [1.29, 1.82) is 0 Å². The highest BCUT2D eigenvalue weighted by Gasteiger charge is 2.21. The molecule has 1 fully saturated rings. The van der Waals surface area contributed by atoms with Crippen LogP contribution in [-0.2, 0) is 0 Å². The second-order valence-corrected chi connectivity index (χ2v) is 7.49. The summed E-state index contributed by atoms with van der Waals surface area (Å²) >= 11 is 1.76. The maximum absolute atomic E-state index is 12.7. The van der Waals surface area contributed by atoms with E-state index in [9.17, 15) is 4.79 Å². The Morgan fingerprint density at radius 2 is 1.88 bits per heavy atom. The Balaban J connectivity index is 1.43. The molecule has 1 saturated heterocycles. The van der Waals surface area contributed by atoms with E-state index in [1.807, 2.05) is 23.1 Å². The number of benzene rings is 1. The topological polar surface area (TPSA) is 35.6 Å². The highest BCUT2D eigenvalue weighted by atomic mass is 32.1. The molecular weight excluding hydrogens is 330 g/mol. The number of nitrogens with zero attached hydrogens (tertiary/aromatic N) is 2. The summed E-state index contributed by atoms with van der Waals surface area (Å²) in [5.74, 6) is 0. The van der Waals surface area contributed by atoms with Crippen LogP contribution in [0.2, 0.25) is 0 Å². The molecule has 1 N–H and O–H groups in total. The van der Waals surface area contributed by atoms with Crippen molar-refractivity contribution < 1.29 is 4.79 Å². The van der Waals surface area contributed by atoms with Gasteiger partial charge in [0.2, 0.25) is 0 Å². The van der Waals surface area contributed by atoms with Crippen molar-refractivity contribution in [3.05, 3.63) is 52.7 Å². The van der Waals surface area contributed by atoms with Gasteiger partial charge >= 0.3 is 6.03 Å². The van der Waals surface area contributed by atoms with Crippen LogP contribution in [0.15, 0.2) is 47.9 Å². The number of anilines is 2. The first kappa shape index (κ1) is 16.2. The van der Waals surface area contributed by atoms with Gasteiger partial charge in [0.15, 0.2) is 0 Å². The Hall–Kier alpha value is -2.27. The maximum atomic E-state index is 12.7. The summed E-state index contributed by atoms with van der Waals surface area (Å²) in [4.78, 5) is 18.3. The quantitative estimate of drug-likeness (QED) is 0.870. The van der Waals surface area contributed by atoms with E-state index in [0.717, 1.165) is 37.4 Å². The first-order chi connectivity index (χ1) is 12.3. The molecule has 0 spiro atoms. The SMILES string of the molecule is O=C(Nc1ccccc1N1CCCC1)N1CC=C(c2cccs2)CC1. The van der Waals surface area contributed by atoms with Gasteiger partial charge in [-0.2, -0.15) is 0 Å². The lowest BCUT2D eigenvalue weighted by Crippen LogP contribution is -2.38. The van der Waals surface area contributed by atoms with Crippen molar-refractivity contribution in [2.75, 3.05) is 36.4 Å². The molecule has 3 heterocycles. The molecule has 0 saturated carbocycles. The predicted molar refractivity (Wildman–Crippen MR) is 105 cm³/mol. The highest BCUT2D eigenvalue weighted by Crippen LogP contribution is 2.30. The van der Waals surface area contributed by atoms with Crippen LogP contribution in [-0.4, -0.2) is 37.1 Å². The zero-order chi connectivity index (χ0) is 17.1. The van der Waals surface area contributed by atoms with E-state index < -0.39 is 0 Å². The second kappa shape index (κ2) is 7.31. The van der Waals surface area contributed by atoms with Gasteiger partial charge in [0.05, 0.1) is 11.4 Å². The molecule has 0 unspecified atom stereocenters. The fraction of sp³-hybridized carbons (Fsp3) is 0.350. The molecule has 1 aromatic carbocycles. The van der Waals surface area contributed by atoms with Gasteiger partial charge in [-0.1, -0.05) is 24.3 Å². The van der Waals surface area contributed by atoms with Gasteiger partial charge in [0, 0.05) is 31.1 Å². The summed E-state index contributed by atoms with van der Waals surface area (Å²) in [6.07, 6.45) is 5.55. The Kier molecular flexibility index (Phi) is 4.74. The molecule has 2 aliphatic rings. The molecule has 2 aromatic rings. The van der Waals surface area contributed by atoms with E-state index in [2.05, 4.69) is 39.9 Å². The van der Waals surface area contributed by atoms with Crippen molar-refractivity contribution in [2.24, 2.45) is 0 Å². The van der Waals surface area contributed by atoms with Gasteiger partial charge < -0.3 is 15.1 Å². The Morgan fingerprint density at radius 3 is 2.60 bits per heavy atom. The Bertz CT molecular complexity index is 763. The number of rotatable bonds is 3. The third-order valence-electron chi connectivity index (χ3n) is 4.93. The van der Waals surface area contributed by atoms with Gasteiger partial charge in [-0.25, -0.2) is 4.79 Å². The molecule has 0 atom stereocenters. The molecule has 2 amide bonds. The van der Waals surface area contributed by atoms with Gasteiger partial charge in [-0.3, -0.25) is 0 Å². The molecule has 4 nitrogen and oxygen atoms in total. The molecule has 0 radical (unpaired) electrons. The van der Waals surface area contributed by atoms with Crippen LogP contribution in [0, 0.1) is 0 Å². The van der Waals surface area contributed by atoms with Crippen molar-refractivity contribution in [2.45, 2.75) is 19.3 Å². The van der Waals surface area contributed by atoms with Gasteiger partial charge in [-0.05, 0) is 48.4 Å². The summed E-state index contributed by atoms with van der Waals surface area (Å²) in [6, 6.07) is 12.4. The van der Waals surface area contributed by atoms with Crippen LogP contribution in [0.25, 0.3) is 5.57 Å². The first-order valence-electron chi connectivity index (χ1n) is 8.94. The lowest BCUT2D eigenvalue weighted by atomic mass is 10.1. The number of carbonyl (C=O) groups is 1. The van der Waals surface area contributed by atoms with Crippen LogP contribution in [0.1, 0.15) is 24.1 Å². The number of amides is 2. The van der Waals surface area contributed by atoms with E-state index in [-0.39, 0.29) is 6.03 Å². The van der Waals surface area contributed by atoms with E-state index in [0.29, 0.717) is 6.54 Å². The van der Waals surface area contributed by atoms with Gasteiger partial charge in [-0.15, -0.1) is 11.3 Å². The fourth-order valence-electron chi connectivity index (χ4n) is 3.55. The maximum Gasteiger partial charge on any atom is 0.322 e. The molecule has 2 aliphatic heterocycles. The number of para-hydroxylation sites is 2. The minimum Gasteiger partial charge on any atom is -0.370 e. The lowest BCUT2D eigenvalue weighted by molar-refractivity contribution is 0.217. The molecule has 4 rings (SSSR count). The number of nitrogens with one attached hydrogen (secondary N) is 1. The van der Waals surface area contributed by atoms with Crippen LogP contribution in [0.5, 0.6) is 0 Å². The monoisotopic (exact) mass is 353 g/mol. The number of carbonyl (C=O) groups excluding carboxylic acids is 1. The number of thiophene rings is 1. The van der Waals surface area contributed by atoms with E-state index in [4.69, 9.17) is 0 Å². The summed E-state index contributed by atoms with van der Waals surface area (Å²) in [6.45, 7) is 3.58. The zero-order valence-corrected chi connectivity index (χ0v) is 15.1. The van der Waals surface area contributed by atoms with Crippen LogP contribution < -0.4 is 10.2 Å². The fourth-order valence-corrected chi connectivity index (χ4v) is 4.34. The zero-order valence-electron chi connectivity index (χ0n) is 14.3. The van der Waals surface area contributed by atoms with E-state index in [1.54, 1.807) is 11.3 Å². The molecule has 0 aliphatic carbocycles. The molecular formula is C20H23N3OS. The third-order valence-corrected chi connectivity index (χ3v) is 5.87. The minimum absolute atomic E-state index is 0.00636. The standard InChI is InChI=1S/C20H23N3OS/c24-20(23-13-9-16(10-14-23)19-8-5-15-25-19)21-17-6-1-2-7-18(17)22-11-3-4-12-22/h1-2,5-9,15H,3-4,10-14H2,(H,21,24). The Labute approximate surface area is 152 Å². The van der Waals surface area contributed by atoms with Crippen molar-refractivity contribution in [3.8, 4) is 0 Å². The van der Waals surface area contributed by atoms with Crippen molar-refractivity contribution in [1.82, 2.24) is 4.90 Å². The molecule has 1 aromatic heterocycles. The smallest absolute Gasteiger partial charge is 0.322 e. The normalized spacial score (nSPS) is 17.5. The van der Waals surface area contributed by atoms with Crippen molar-refractivity contribution >= 4 is 34.3 Å². The van der Waals surface area contributed by atoms with Gasteiger partial charge in [0.25, 0.3) is 0 Å². The van der Waals surface area contributed by atoms with Crippen LogP contribution in [0.4, 0.5) is 16.2 Å². The molecule has 0 bridgehead atoms. The minimum atomic E-state index is -0.00636. The van der Waals surface area contributed by atoms with E-state index >= 15 is 0 Å². The largest absolute Gasteiger partial charge is 0.370 e. The second-order valence-electron chi connectivity index (χ2n) is 6.54. The predicted octanol–water partition coefficient (Wildman–Crippen LogP) is 4.67. The highest BCUT2D eigenvalue weighted by molar-refractivity contribution is 7.11. The number of urea groups is 1. The summed E-state index contributed by atoms with van der Waals surface area (Å²) < 4.78 is 0. The molecule has 25 heavy (non-hydrogen) atoms. The Morgan fingerprint density at radius 1 is 1.04 bits per heavy atom. The molecule has 130 valence electrons.